The van der Waals surface area contributed by atoms with Crippen molar-refractivity contribution in [3.63, 3.8) is 0 Å². The number of fused-ring (bicyclic) bond motifs is 1. The summed E-state index contributed by atoms with van der Waals surface area (Å²) in [6.07, 6.45) is 3.37. The van der Waals surface area contributed by atoms with Crippen LogP contribution in [0.2, 0.25) is 5.02 Å². The Morgan fingerprint density at radius 2 is 2.26 bits per heavy atom. The summed E-state index contributed by atoms with van der Waals surface area (Å²) in [5, 5.41) is 13.3. The van der Waals surface area contributed by atoms with Crippen molar-refractivity contribution in [2.45, 2.75) is 32.2 Å². The molecule has 1 aliphatic carbocycles. The Bertz CT molecular complexity index is 1010. The van der Waals surface area contributed by atoms with Gasteiger partial charge in [0.25, 0.3) is 5.56 Å². The van der Waals surface area contributed by atoms with Crippen molar-refractivity contribution in [3.8, 4) is 0 Å². The van der Waals surface area contributed by atoms with Crippen molar-refractivity contribution >= 4 is 27.9 Å². The highest BCUT2D eigenvalue weighted by Gasteiger charge is 2.41. The van der Waals surface area contributed by atoms with Crippen molar-refractivity contribution < 1.29 is 5.11 Å². The molecule has 8 heteroatoms. The number of aromatic nitrogens is 3. The van der Waals surface area contributed by atoms with Gasteiger partial charge in [0.05, 0.1) is 10.7 Å². The Kier molecular flexibility index (Phi) is 5.27. The number of nitrogens with one attached hydrogen (secondary N) is 1. The molecular weight excluding hydrogens is 384 g/mol. The van der Waals surface area contributed by atoms with E-state index in [0.29, 0.717) is 11.6 Å². The largest absolute Gasteiger partial charge is 0.396 e. The van der Waals surface area contributed by atoms with Gasteiger partial charge in [0.15, 0.2) is 4.96 Å². The lowest BCUT2D eigenvalue weighted by atomic mass is 10.2. The number of thiazole rings is 1. The monoisotopic (exact) mass is 404 g/mol. The molecule has 0 bridgehead atoms. The molecule has 0 saturated heterocycles. The number of hydrogen-bond donors (Lipinski definition) is 2. The lowest BCUT2D eigenvalue weighted by Gasteiger charge is -2.06. The molecular formula is C19H21ClN4O2S. The Balaban J connectivity index is 1.44. The number of nitrogens with zero attached hydrogens (tertiary/aromatic N) is 3. The second kappa shape index (κ2) is 7.67. The number of aliphatic hydroxyl groups excluding tert-OH is 1. The molecule has 1 aliphatic rings. The maximum atomic E-state index is 12.7. The smallest absolute Gasteiger partial charge is 0.259 e. The number of aryl methyl sites for hydroxylation is 1. The number of halogens is 1. The van der Waals surface area contributed by atoms with Gasteiger partial charge in [-0.05, 0) is 31.4 Å². The van der Waals surface area contributed by atoms with E-state index >= 15 is 0 Å². The summed E-state index contributed by atoms with van der Waals surface area (Å²) in [6.45, 7) is 3.48. The number of rotatable bonds is 7. The van der Waals surface area contributed by atoms with Crippen LogP contribution in [0.3, 0.4) is 0 Å². The van der Waals surface area contributed by atoms with E-state index in [-0.39, 0.29) is 24.0 Å². The normalized spacial score (nSPS) is 18.9. The van der Waals surface area contributed by atoms with Crippen LogP contribution in [-0.2, 0) is 13.0 Å². The van der Waals surface area contributed by atoms with E-state index in [1.54, 1.807) is 28.0 Å². The summed E-state index contributed by atoms with van der Waals surface area (Å²) in [4.78, 5) is 23.4. The van der Waals surface area contributed by atoms with Crippen LogP contribution in [0, 0.1) is 12.8 Å². The fourth-order valence-corrected chi connectivity index (χ4v) is 4.61. The highest BCUT2D eigenvalue weighted by Crippen LogP contribution is 2.49. The molecule has 2 N–H and O–H groups in total. The minimum atomic E-state index is -0.0425. The van der Waals surface area contributed by atoms with Gasteiger partial charge >= 0.3 is 0 Å². The van der Waals surface area contributed by atoms with E-state index < -0.39 is 0 Å². The molecule has 0 aliphatic heterocycles. The molecule has 1 fully saturated rings. The lowest BCUT2D eigenvalue weighted by Crippen LogP contribution is -2.22. The molecule has 0 radical (unpaired) electrons. The maximum absolute atomic E-state index is 12.7. The van der Waals surface area contributed by atoms with E-state index in [4.69, 9.17) is 11.6 Å². The van der Waals surface area contributed by atoms with Gasteiger partial charge in [-0.15, -0.1) is 11.3 Å². The van der Waals surface area contributed by atoms with Crippen molar-refractivity contribution in [2.75, 3.05) is 13.2 Å². The molecule has 3 aromatic heterocycles. The van der Waals surface area contributed by atoms with E-state index in [1.807, 2.05) is 19.1 Å². The number of pyridine rings is 1. The molecule has 3 aromatic rings. The van der Waals surface area contributed by atoms with Crippen LogP contribution in [0.1, 0.15) is 34.3 Å². The van der Waals surface area contributed by atoms with E-state index in [0.717, 1.165) is 46.3 Å². The third kappa shape index (κ3) is 3.91. The van der Waals surface area contributed by atoms with Crippen LogP contribution < -0.4 is 10.9 Å². The van der Waals surface area contributed by atoms with Crippen molar-refractivity contribution in [1.82, 2.24) is 19.7 Å². The highest BCUT2D eigenvalue weighted by molar-refractivity contribution is 7.17. The predicted molar refractivity (Wildman–Crippen MR) is 107 cm³/mol. The average Bonchev–Trinajstić information content (AvgIpc) is 3.34. The first-order chi connectivity index (χ1) is 13.1. The first kappa shape index (κ1) is 18.6. The molecule has 27 heavy (non-hydrogen) atoms. The van der Waals surface area contributed by atoms with Crippen LogP contribution in [0.15, 0.2) is 29.2 Å². The Hall–Kier alpha value is -1.80. The van der Waals surface area contributed by atoms with Gasteiger partial charge in [-0.2, -0.15) is 0 Å². The molecule has 0 spiro atoms. The van der Waals surface area contributed by atoms with Crippen molar-refractivity contribution in [3.05, 3.63) is 61.7 Å². The lowest BCUT2D eigenvalue weighted by molar-refractivity contribution is 0.273. The van der Waals surface area contributed by atoms with Gasteiger partial charge in [-0.3, -0.25) is 14.2 Å². The molecule has 0 amide bonds. The SMILES string of the molecule is Cc1sc2nc(CNCCc3ccc(Cl)cn3)cc(=O)n2c1C1CC1CO. The molecule has 3 heterocycles. The summed E-state index contributed by atoms with van der Waals surface area (Å²) in [7, 11) is 0. The zero-order chi connectivity index (χ0) is 19.0. The van der Waals surface area contributed by atoms with Gasteiger partial charge in [-0.1, -0.05) is 11.6 Å². The first-order valence-corrected chi connectivity index (χ1v) is 10.2. The Morgan fingerprint density at radius 3 is 2.96 bits per heavy atom. The number of aliphatic hydroxyl groups is 1. The van der Waals surface area contributed by atoms with E-state index in [9.17, 15) is 9.90 Å². The van der Waals surface area contributed by atoms with E-state index in [1.165, 1.54) is 0 Å². The van der Waals surface area contributed by atoms with Crippen LogP contribution in [-0.4, -0.2) is 32.6 Å². The summed E-state index contributed by atoms with van der Waals surface area (Å²) < 4.78 is 1.72. The Morgan fingerprint density at radius 1 is 1.41 bits per heavy atom. The molecule has 0 aromatic carbocycles. The predicted octanol–water partition coefficient (Wildman–Crippen LogP) is 2.54. The Labute approximate surface area is 165 Å². The average molecular weight is 405 g/mol. The quantitative estimate of drug-likeness (QED) is 0.591. The molecule has 1 saturated carbocycles. The minimum Gasteiger partial charge on any atom is -0.396 e. The van der Waals surface area contributed by atoms with Gasteiger partial charge in [0.2, 0.25) is 0 Å². The molecule has 142 valence electrons. The standard InChI is InChI=1S/C19H21ClN4O2S/c1-11-18(16-6-12(16)10-25)24-17(26)7-15(23-19(24)27-11)9-21-5-4-14-3-2-13(20)8-22-14/h2-3,7-8,12,16,21,25H,4-6,9-10H2,1H3. The molecule has 2 unspecified atom stereocenters. The second-order valence-electron chi connectivity index (χ2n) is 6.93. The number of hydrogen-bond acceptors (Lipinski definition) is 6. The molecule has 6 nitrogen and oxygen atoms in total. The zero-order valence-electron chi connectivity index (χ0n) is 15.0. The second-order valence-corrected chi connectivity index (χ2v) is 8.54. The highest BCUT2D eigenvalue weighted by atomic mass is 35.5. The van der Waals surface area contributed by atoms with Crippen LogP contribution in [0.5, 0.6) is 0 Å². The van der Waals surface area contributed by atoms with Crippen molar-refractivity contribution in [2.24, 2.45) is 5.92 Å². The van der Waals surface area contributed by atoms with Gasteiger partial charge in [0, 0.05) is 60.6 Å². The topological polar surface area (TPSA) is 79.5 Å². The summed E-state index contributed by atoms with van der Waals surface area (Å²) in [5.74, 6) is 0.551. The van der Waals surface area contributed by atoms with Crippen molar-refractivity contribution in [1.29, 1.82) is 0 Å². The summed E-state index contributed by atoms with van der Waals surface area (Å²) in [5.41, 5.74) is 2.70. The first-order valence-electron chi connectivity index (χ1n) is 9.01. The fourth-order valence-electron chi connectivity index (χ4n) is 3.43. The third-order valence-electron chi connectivity index (χ3n) is 4.95. The maximum Gasteiger partial charge on any atom is 0.259 e. The summed E-state index contributed by atoms with van der Waals surface area (Å²) in [6, 6.07) is 5.35. The van der Waals surface area contributed by atoms with Crippen LogP contribution >= 0.6 is 22.9 Å². The van der Waals surface area contributed by atoms with Crippen LogP contribution in [0.25, 0.3) is 4.96 Å². The van der Waals surface area contributed by atoms with Gasteiger partial charge in [-0.25, -0.2) is 4.98 Å². The van der Waals surface area contributed by atoms with Gasteiger partial charge < -0.3 is 10.4 Å². The van der Waals surface area contributed by atoms with Gasteiger partial charge in [0.1, 0.15) is 0 Å². The third-order valence-corrected chi connectivity index (χ3v) is 6.14. The zero-order valence-corrected chi connectivity index (χ0v) is 16.6. The minimum absolute atomic E-state index is 0.0425. The fraction of sp³-hybridized carbons (Fsp3) is 0.421. The molecule has 2 atom stereocenters. The van der Waals surface area contributed by atoms with E-state index in [2.05, 4.69) is 15.3 Å². The van der Waals surface area contributed by atoms with Crippen LogP contribution in [0.4, 0.5) is 0 Å². The molecule has 4 rings (SSSR count). The summed E-state index contributed by atoms with van der Waals surface area (Å²) >= 11 is 7.38.